The molecule has 5 heteroatoms. The molecular formula is C19H33N2O3+. The van der Waals surface area contributed by atoms with Crippen LogP contribution in [0.3, 0.4) is 0 Å². The van der Waals surface area contributed by atoms with E-state index in [2.05, 4.69) is 21.1 Å². The van der Waals surface area contributed by atoms with Crippen LogP contribution >= 0.6 is 0 Å². The van der Waals surface area contributed by atoms with E-state index in [1.165, 1.54) is 63.6 Å². The summed E-state index contributed by atoms with van der Waals surface area (Å²) < 4.78 is 6.67. The Labute approximate surface area is 146 Å². The largest absolute Gasteiger partial charge is 0.494 e. The molecule has 0 saturated heterocycles. The number of quaternary nitrogens is 1. The van der Waals surface area contributed by atoms with Crippen molar-refractivity contribution in [1.29, 1.82) is 0 Å². The summed E-state index contributed by atoms with van der Waals surface area (Å²) in [5.41, 5.74) is 0.101. The summed E-state index contributed by atoms with van der Waals surface area (Å²) in [6.45, 7) is 1.95. The van der Waals surface area contributed by atoms with Crippen LogP contribution in [0.5, 0.6) is 5.75 Å². The molecule has 1 rings (SSSR count). The van der Waals surface area contributed by atoms with Crippen LogP contribution in [0, 0.1) is 10.1 Å². The number of rotatable bonds is 13. The van der Waals surface area contributed by atoms with Gasteiger partial charge < -0.3 is 9.22 Å². The van der Waals surface area contributed by atoms with Crippen molar-refractivity contribution < 1.29 is 14.1 Å². The number of benzene rings is 1. The van der Waals surface area contributed by atoms with Gasteiger partial charge >= 0.3 is 0 Å². The van der Waals surface area contributed by atoms with E-state index in [4.69, 9.17) is 4.74 Å². The van der Waals surface area contributed by atoms with Gasteiger partial charge in [-0.25, -0.2) is 0 Å². The van der Waals surface area contributed by atoms with Crippen molar-refractivity contribution in [3.8, 4) is 5.75 Å². The van der Waals surface area contributed by atoms with Crippen LogP contribution in [0.4, 0.5) is 5.69 Å². The first-order chi connectivity index (χ1) is 11.4. The van der Waals surface area contributed by atoms with E-state index in [0.29, 0.717) is 12.4 Å². The van der Waals surface area contributed by atoms with Gasteiger partial charge in [0.1, 0.15) is 5.75 Å². The van der Waals surface area contributed by atoms with Crippen molar-refractivity contribution in [2.45, 2.75) is 51.4 Å². The van der Waals surface area contributed by atoms with Crippen LogP contribution in [-0.2, 0) is 0 Å². The number of nitro groups is 1. The fourth-order valence-electron chi connectivity index (χ4n) is 2.60. The third-order valence-corrected chi connectivity index (χ3v) is 4.04. The van der Waals surface area contributed by atoms with Crippen LogP contribution in [0.25, 0.3) is 0 Å². The lowest BCUT2D eigenvalue weighted by molar-refractivity contribution is -0.870. The molecule has 0 unspecified atom stereocenters. The molecule has 0 atom stereocenters. The second-order valence-corrected chi connectivity index (χ2v) is 7.44. The third-order valence-electron chi connectivity index (χ3n) is 4.04. The highest BCUT2D eigenvalue weighted by Gasteiger charge is 2.05. The average molecular weight is 337 g/mol. The van der Waals surface area contributed by atoms with Gasteiger partial charge in [0.2, 0.25) is 0 Å². The fourth-order valence-corrected chi connectivity index (χ4v) is 2.60. The van der Waals surface area contributed by atoms with Gasteiger partial charge in [-0.3, -0.25) is 10.1 Å². The summed E-state index contributed by atoms with van der Waals surface area (Å²) in [6, 6.07) is 6.28. The Balaban J connectivity index is 1.93. The molecule has 24 heavy (non-hydrogen) atoms. The predicted molar refractivity (Wildman–Crippen MR) is 98.4 cm³/mol. The zero-order chi connectivity index (χ0) is 17.8. The standard InChI is InChI=1S/C19H33N2O3/c1-21(2,3)16-10-8-6-4-5-7-9-11-17-24-19-14-12-18(13-15-19)20(22)23/h12-15H,4-11,16-17H2,1-3H3/q+1. The summed E-state index contributed by atoms with van der Waals surface area (Å²) >= 11 is 0. The number of hydrogen-bond acceptors (Lipinski definition) is 3. The van der Waals surface area contributed by atoms with Crippen molar-refractivity contribution in [1.82, 2.24) is 0 Å². The van der Waals surface area contributed by atoms with Crippen molar-refractivity contribution in [2.75, 3.05) is 34.3 Å². The lowest BCUT2D eigenvalue weighted by atomic mass is 10.1. The SMILES string of the molecule is C[N+](C)(C)CCCCCCCCCCOc1ccc([N+](=O)[O-])cc1. The monoisotopic (exact) mass is 337 g/mol. The fraction of sp³-hybridized carbons (Fsp3) is 0.684. The molecule has 0 bridgehead atoms. The molecule has 0 heterocycles. The molecular weight excluding hydrogens is 304 g/mol. The molecule has 0 amide bonds. The van der Waals surface area contributed by atoms with Gasteiger partial charge in [-0.15, -0.1) is 0 Å². The quantitative estimate of drug-likeness (QED) is 0.225. The summed E-state index contributed by atoms with van der Waals surface area (Å²) in [7, 11) is 6.75. The van der Waals surface area contributed by atoms with Gasteiger partial charge in [0.25, 0.3) is 5.69 Å². The van der Waals surface area contributed by atoms with Crippen LogP contribution < -0.4 is 4.74 Å². The number of non-ortho nitro benzene ring substituents is 1. The summed E-state index contributed by atoms with van der Waals surface area (Å²) in [6.07, 6.45) is 10.1. The molecule has 0 aliphatic heterocycles. The zero-order valence-electron chi connectivity index (χ0n) is 15.5. The van der Waals surface area contributed by atoms with Gasteiger partial charge in [-0.05, 0) is 31.4 Å². The Morgan fingerprint density at radius 2 is 1.38 bits per heavy atom. The first-order valence-corrected chi connectivity index (χ1v) is 9.06. The molecule has 0 saturated carbocycles. The number of ether oxygens (including phenoxy) is 1. The molecule has 1 aromatic rings. The van der Waals surface area contributed by atoms with E-state index in [1.54, 1.807) is 12.1 Å². The molecule has 5 nitrogen and oxygen atoms in total. The maximum absolute atomic E-state index is 10.6. The zero-order valence-corrected chi connectivity index (χ0v) is 15.5. The summed E-state index contributed by atoms with van der Waals surface area (Å²) in [5, 5.41) is 10.6. The molecule has 0 N–H and O–H groups in total. The van der Waals surface area contributed by atoms with Crippen molar-refractivity contribution >= 4 is 5.69 Å². The maximum atomic E-state index is 10.6. The van der Waals surface area contributed by atoms with Crippen LogP contribution in [0.15, 0.2) is 24.3 Å². The summed E-state index contributed by atoms with van der Waals surface area (Å²) in [5.74, 6) is 0.706. The highest BCUT2D eigenvalue weighted by Crippen LogP contribution is 2.17. The highest BCUT2D eigenvalue weighted by atomic mass is 16.6. The molecule has 0 fully saturated rings. The van der Waals surface area contributed by atoms with Gasteiger partial charge in [-0.1, -0.05) is 32.1 Å². The smallest absolute Gasteiger partial charge is 0.269 e. The van der Waals surface area contributed by atoms with Crippen molar-refractivity contribution in [3.63, 3.8) is 0 Å². The van der Waals surface area contributed by atoms with Gasteiger partial charge in [0, 0.05) is 12.1 Å². The third kappa shape index (κ3) is 10.2. The minimum absolute atomic E-state index is 0.101. The number of unbranched alkanes of at least 4 members (excludes halogenated alkanes) is 7. The van der Waals surface area contributed by atoms with E-state index in [0.717, 1.165) is 10.9 Å². The number of hydrogen-bond donors (Lipinski definition) is 0. The first kappa shape index (κ1) is 20.4. The van der Waals surface area contributed by atoms with Crippen LogP contribution in [-0.4, -0.2) is 43.7 Å². The molecule has 0 aliphatic rings. The van der Waals surface area contributed by atoms with E-state index in [9.17, 15) is 10.1 Å². The van der Waals surface area contributed by atoms with E-state index >= 15 is 0 Å². The van der Waals surface area contributed by atoms with Gasteiger partial charge in [-0.2, -0.15) is 0 Å². The Morgan fingerprint density at radius 3 is 1.88 bits per heavy atom. The van der Waals surface area contributed by atoms with E-state index < -0.39 is 4.92 Å². The van der Waals surface area contributed by atoms with Crippen molar-refractivity contribution in [2.24, 2.45) is 0 Å². The summed E-state index contributed by atoms with van der Waals surface area (Å²) in [4.78, 5) is 10.2. The average Bonchev–Trinajstić information content (AvgIpc) is 2.52. The predicted octanol–water partition coefficient (Wildman–Crippen LogP) is 4.80. The molecule has 0 radical (unpaired) electrons. The van der Waals surface area contributed by atoms with E-state index in [1.807, 2.05) is 0 Å². The molecule has 136 valence electrons. The Hall–Kier alpha value is -1.62. The van der Waals surface area contributed by atoms with Crippen LogP contribution in [0.1, 0.15) is 51.4 Å². The molecule has 0 aliphatic carbocycles. The van der Waals surface area contributed by atoms with Gasteiger partial charge in [0.15, 0.2) is 0 Å². The lowest BCUT2D eigenvalue weighted by Gasteiger charge is -2.23. The molecule has 0 spiro atoms. The highest BCUT2D eigenvalue weighted by molar-refractivity contribution is 5.35. The number of nitrogens with zero attached hydrogens (tertiary/aromatic N) is 2. The first-order valence-electron chi connectivity index (χ1n) is 9.06. The minimum Gasteiger partial charge on any atom is -0.494 e. The van der Waals surface area contributed by atoms with Gasteiger partial charge in [0.05, 0.1) is 39.2 Å². The van der Waals surface area contributed by atoms with Crippen LogP contribution in [0.2, 0.25) is 0 Å². The lowest BCUT2D eigenvalue weighted by Crippen LogP contribution is -2.35. The number of nitro benzene ring substituents is 1. The molecule has 0 aromatic heterocycles. The Bertz CT molecular complexity index is 466. The second-order valence-electron chi connectivity index (χ2n) is 7.44. The topological polar surface area (TPSA) is 52.4 Å². The normalized spacial score (nSPS) is 11.5. The van der Waals surface area contributed by atoms with E-state index in [-0.39, 0.29) is 5.69 Å². The Kier molecular flexibility index (Phi) is 9.38. The minimum atomic E-state index is -0.397. The Morgan fingerprint density at radius 1 is 0.875 bits per heavy atom. The van der Waals surface area contributed by atoms with Crippen molar-refractivity contribution in [3.05, 3.63) is 34.4 Å². The maximum Gasteiger partial charge on any atom is 0.269 e. The second kappa shape index (κ2) is 11.0. The molecule has 1 aromatic carbocycles.